The van der Waals surface area contributed by atoms with Crippen molar-refractivity contribution in [3.8, 4) is 0 Å². The Labute approximate surface area is 70.3 Å². The fraction of sp³-hybridized carbons (Fsp3) is 1.00. The third kappa shape index (κ3) is 1.06. The maximum absolute atomic E-state index is 8.26. The molecule has 0 aromatic rings. The van der Waals surface area contributed by atoms with E-state index in [9.17, 15) is 0 Å². The van der Waals surface area contributed by atoms with Crippen molar-refractivity contribution in [2.75, 3.05) is 13.2 Å². The van der Waals surface area contributed by atoms with Crippen LogP contribution >= 0.6 is 0 Å². The lowest BCUT2D eigenvalue weighted by Gasteiger charge is -2.10. The van der Waals surface area contributed by atoms with Crippen molar-refractivity contribution in [3.05, 3.63) is 10.4 Å². The van der Waals surface area contributed by atoms with Crippen LogP contribution in [0.1, 0.15) is 6.92 Å². The van der Waals surface area contributed by atoms with Crippen LogP contribution < -0.4 is 0 Å². The lowest BCUT2D eigenvalue weighted by Crippen LogP contribution is -2.26. The molecular formula is C7H11N3O2. The summed E-state index contributed by atoms with van der Waals surface area (Å²) in [5.41, 5.74) is 8.26. The molecule has 0 saturated carbocycles. The summed E-state index contributed by atoms with van der Waals surface area (Å²) in [7, 11) is 0. The Morgan fingerprint density at radius 3 is 2.83 bits per heavy atom. The van der Waals surface area contributed by atoms with Gasteiger partial charge in [-0.25, -0.2) is 0 Å². The molecule has 2 heterocycles. The van der Waals surface area contributed by atoms with Gasteiger partial charge in [-0.2, -0.15) is 0 Å². The van der Waals surface area contributed by atoms with Gasteiger partial charge in [0.1, 0.15) is 0 Å². The van der Waals surface area contributed by atoms with Gasteiger partial charge >= 0.3 is 0 Å². The highest BCUT2D eigenvalue weighted by Gasteiger charge is 2.45. The zero-order valence-electron chi connectivity index (χ0n) is 6.88. The Hall–Kier alpha value is -0.770. The maximum atomic E-state index is 8.26. The van der Waals surface area contributed by atoms with E-state index in [1.807, 2.05) is 0 Å². The van der Waals surface area contributed by atoms with Crippen molar-refractivity contribution >= 4 is 0 Å². The molecule has 0 N–H and O–H groups in total. The summed E-state index contributed by atoms with van der Waals surface area (Å²) in [6, 6.07) is -0.120. The third-order valence-corrected chi connectivity index (χ3v) is 2.47. The van der Waals surface area contributed by atoms with Crippen LogP contribution in [0.4, 0.5) is 0 Å². The molecule has 0 aromatic heterocycles. The first-order chi connectivity index (χ1) is 5.83. The predicted molar refractivity (Wildman–Crippen MR) is 41.6 cm³/mol. The Kier molecular flexibility index (Phi) is 1.92. The molecular weight excluding hydrogens is 158 g/mol. The minimum absolute atomic E-state index is 0.00380. The highest BCUT2D eigenvalue weighted by Crippen LogP contribution is 2.32. The standard InChI is InChI=1S/C7H11N3O2/c1-4-2-11-7-5(9-10-8)3-12-6(4)7/h4-7H,2-3H2,1H3/t4-,5+,6-,7-/m1/s1. The highest BCUT2D eigenvalue weighted by molar-refractivity contribution is 4.96. The molecule has 2 fully saturated rings. The summed E-state index contributed by atoms with van der Waals surface area (Å²) in [6.45, 7) is 3.31. The molecule has 0 unspecified atom stereocenters. The summed E-state index contributed by atoms with van der Waals surface area (Å²) < 4.78 is 10.9. The Morgan fingerprint density at radius 1 is 1.33 bits per heavy atom. The van der Waals surface area contributed by atoms with E-state index in [-0.39, 0.29) is 18.2 Å². The topological polar surface area (TPSA) is 67.2 Å². The average Bonchev–Trinajstić information content (AvgIpc) is 2.58. The molecule has 0 bridgehead atoms. The van der Waals surface area contributed by atoms with Crippen LogP contribution in [0.5, 0.6) is 0 Å². The summed E-state index contributed by atoms with van der Waals surface area (Å²) >= 11 is 0. The molecule has 0 radical (unpaired) electrons. The fourth-order valence-electron chi connectivity index (χ4n) is 1.84. The van der Waals surface area contributed by atoms with Gasteiger partial charge in [0.15, 0.2) is 0 Å². The second kappa shape index (κ2) is 2.94. The molecule has 5 nitrogen and oxygen atoms in total. The van der Waals surface area contributed by atoms with Gasteiger partial charge in [0.05, 0.1) is 31.5 Å². The Bertz CT molecular complexity index is 227. The third-order valence-electron chi connectivity index (χ3n) is 2.47. The highest BCUT2D eigenvalue weighted by atomic mass is 16.6. The van der Waals surface area contributed by atoms with Crippen LogP contribution in [0.15, 0.2) is 5.11 Å². The average molecular weight is 169 g/mol. The van der Waals surface area contributed by atoms with Gasteiger partial charge in [-0.1, -0.05) is 12.0 Å². The van der Waals surface area contributed by atoms with Crippen LogP contribution in [0.25, 0.3) is 10.4 Å². The molecule has 4 atom stereocenters. The molecule has 2 aliphatic rings. The van der Waals surface area contributed by atoms with Crippen molar-refractivity contribution in [1.29, 1.82) is 0 Å². The zero-order valence-corrected chi connectivity index (χ0v) is 6.88. The molecule has 5 heteroatoms. The first kappa shape index (κ1) is 7.86. The first-order valence-electron chi connectivity index (χ1n) is 4.10. The molecule has 12 heavy (non-hydrogen) atoms. The van der Waals surface area contributed by atoms with Crippen LogP contribution in [-0.2, 0) is 9.47 Å². The number of azide groups is 1. The fourth-order valence-corrected chi connectivity index (χ4v) is 1.84. The van der Waals surface area contributed by atoms with Gasteiger partial charge in [0, 0.05) is 10.8 Å². The first-order valence-corrected chi connectivity index (χ1v) is 4.10. The monoisotopic (exact) mass is 169 g/mol. The van der Waals surface area contributed by atoms with Gasteiger partial charge in [-0.05, 0) is 5.53 Å². The second-order valence-corrected chi connectivity index (χ2v) is 3.35. The Morgan fingerprint density at radius 2 is 2.08 bits per heavy atom. The molecule has 0 amide bonds. The zero-order chi connectivity index (χ0) is 8.55. The van der Waals surface area contributed by atoms with E-state index in [1.54, 1.807) is 0 Å². The van der Waals surface area contributed by atoms with Crippen LogP contribution in [-0.4, -0.2) is 31.5 Å². The normalized spacial score (nSPS) is 45.4. The molecule has 0 spiro atoms. The largest absolute Gasteiger partial charge is 0.375 e. The van der Waals surface area contributed by atoms with E-state index in [4.69, 9.17) is 15.0 Å². The summed E-state index contributed by atoms with van der Waals surface area (Å²) in [5.74, 6) is 0.425. The molecule has 66 valence electrons. The number of hydrogen-bond acceptors (Lipinski definition) is 3. The SMILES string of the molecule is C[C@@H]1CO[C@H]2[C@@H]1OC[C@@H]2N=[N+]=[N-]. The summed E-state index contributed by atoms with van der Waals surface area (Å²) in [6.07, 6.45) is 0.136. The van der Waals surface area contributed by atoms with E-state index < -0.39 is 0 Å². The Balaban J connectivity index is 2.10. The number of rotatable bonds is 1. The van der Waals surface area contributed by atoms with E-state index in [0.717, 1.165) is 0 Å². The predicted octanol–water partition coefficient (Wildman–Crippen LogP) is 1.10. The summed E-state index contributed by atoms with van der Waals surface area (Å²) in [5, 5.41) is 3.63. The minimum Gasteiger partial charge on any atom is -0.375 e. The molecule has 2 saturated heterocycles. The van der Waals surface area contributed by atoms with E-state index in [2.05, 4.69) is 16.9 Å². The number of hydrogen-bond donors (Lipinski definition) is 0. The van der Waals surface area contributed by atoms with Gasteiger partial charge in [-0.15, -0.1) is 0 Å². The van der Waals surface area contributed by atoms with Crippen LogP contribution in [0.2, 0.25) is 0 Å². The molecule has 0 aliphatic carbocycles. The molecule has 0 aromatic carbocycles. The summed E-state index contributed by atoms with van der Waals surface area (Å²) in [4.78, 5) is 2.77. The van der Waals surface area contributed by atoms with Crippen molar-refractivity contribution in [1.82, 2.24) is 0 Å². The molecule has 2 aliphatic heterocycles. The van der Waals surface area contributed by atoms with Crippen molar-refractivity contribution in [2.24, 2.45) is 11.0 Å². The van der Waals surface area contributed by atoms with E-state index in [0.29, 0.717) is 19.1 Å². The number of nitrogens with zero attached hydrogens (tertiary/aromatic N) is 3. The van der Waals surface area contributed by atoms with Crippen LogP contribution in [0, 0.1) is 5.92 Å². The quantitative estimate of drug-likeness (QED) is 0.335. The van der Waals surface area contributed by atoms with E-state index in [1.165, 1.54) is 0 Å². The lowest BCUT2D eigenvalue weighted by atomic mass is 10.0. The van der Waals surface area contributed by atoms with E-state index >= 15 is 0 Å². The van der Waals surface area contributed by atoms with Crippen molar-refractivity contribution in [3.63, 3.8) is 0 Å². The van der Waals surface area contributed by atoms with Gasteiger partial charge in [0.25, 0.3) is 0 Å². The van der Waals surface area contributed by atoms with Gasteiger partial charge < -0.3 is 9.47 Å². The lowest BCUT2D eigenvalue weighted by molar-refractivity contribution is 0.0650. The maximum Gasteiger partial charge on any atom is 0.0947 e. The van der Waals surface area contributed by atoms with Crippen molar-refractivity contribution < 1.29 is 9.47 Å². The minimum atomic E-state index is -0.120. The van der Waals surface area contributed by atoms with Gasteiger partial charge in [0.2, 0.25) is 0 Å². The smallest absolute Gasteiger partial charge is 0.0947 e. The number of fused-ring (bicyclic) bond motifs is 1. The van der Waals surface area contributed by atoms with Crippen LogP contribution in [0.3, 0.4) is 0 Å². The van der Waals surface area contributed by atoms with Gasteiger partial charge in [-0.3, -0.25) is 0 Å². The second-order valence-electron chi connectivity index (χ2n) is 3.35. The number of ether oxygens (including phenoxy) is 2. The van der Waals surface area contributed by atoms with Crippen molar-refractivity contribution in [2.45, 2.75) is 25.2 Å². The molecule has 2 rings (SSSR count).